The van der Waals surface area contributed by atoms with E-state index in [2.05, 4.69) is 5.32 Å². The van der Waals surface area contributed by atoms with Crippen LogP contribution in [-0.2, 0) is 4.79 Å². The zero-order valence-corrected chi connectivity index (χ0v) is 12.6. The van der Waals surface area contributed by atoms with Crippen molar-refractivity contribution in [2.24, 2.45) is 11.7 Å². The van der Waals surface area contributed by atoms with Gasteiger partial charge in [0.05, 0.1) is 6.04 Å². The predicted octanol–water partition coefficient (Wildman–Crippen LogP) is 3.04. The summed E-state index contributed by atoms with van der Waals surface area (Å²) in [7, 11) is 0. The van der Waals surface area contributed by atoms with Gasteiger partial charge in [-0.05, 0) is 49.0 Å². The van der Waals surface area contributed by atoms with Gasteiger partial charge in [-0.2, -0.15) is 0 Å². The Hall–Kier alpha value is -1.39. The Morgan fingerprint density at radius 3 is 2.95 bits per heavy atom. The van der Waals surface area contributed by atoms with Gasteiger partial charge in [0.25, 0.3) is 0 Å². The lowest BCUT2D eigenvalue weighted by molar-refractivity contribution is -0.120. The van der Waals surface area contributed by atoms with Crippen molar-refractivity contribution in [2.45, 2.75) is 37.8 Å². The maximum atomic E-state index is 14.5. The fourth-order valence-corrected chi connectivity index (χ4v) is 3.49. The van der Waals surface area contributed by atoms with E-state index in [1.165, 1.54) is 0 Å². The third-order valence-electron chi connectivity index (χ3n) is 4.69. The molecule has 3 rings (SSSR count). The van der Waals surface area contributed by atoms with E-state index in [1.54, 1.807) is 19.1 Å². The summed E-state index contributed by atoms with van der Waals surface area (Å²) in [5, 5.41) is 3.81. The Morgan fingerprint density at radius 1 is 1.57 bits per heavy atom. The predicted molar refractivity (Wildman–Crippen MR) is 81.3 cm³/mol. The molecule has 3 unspecified atom stereocenters. The van der Waals surface area contributed by atoms with Crippen molar-refractivity contribution >= 4 is 23.1 Å². The second-order valence-corrected chi connectivity index (χ2v) is 6.55. The van der Waals surface area contributed by atoms with E-state index in [4.69, 9.17) is 17.3 Å². The number of nitrogens with two attached hydrogens (primary N) is 1. The van der Waals surface area contributed by atoms with E-state index >= 15 is 0 Å². The molecule has 2 fully saturated rings. The summed E-state index contributed by atoms with van der Waals surface area (Å²) in [5.41, 5.74) is 6.43. The standard InChI is InChI=1S/C16H18ClFN2O/c1-9(10-3-2-4-12(17)5-10)13(18)8-16-7-11(16)6-14(20-16)15(19)21/h2-5,11,14,20H,6-8H2,1H3,(H2,19,21)/b13-9-. The van der Waals surface area contributed by atoms with Gasteiger partial charge >= 0.3 is 0 Å². The van der Waals surface area contributed by atoms with E-state index in [0.717, 1.165) is 18.4 Å². The van der Waals surface area contributed by atoms with Gasteiger partial charge in [0.1, 0.15) is 5.83 Å². The molecule has 0 aromatic heterocycles. The summed E-state index contributed by atoms with van der Waals surface area (Å²) in [5.74, 6) is -0.150. The molecule has 0 radical (unpaired) electrons. The number of benzene rings is 1. The zero-order valence-electron chi connectivity index (χ0n) is 11.8. The molecular weight excluding hydrogens is 291 g/mol. The minimum atomic E-state index is -0.350. The molecule has 1 aliphatic carbocycles. The molecule has 0 bridgehead atoms. The molecule has 1 saturated heterocycles. The van der Waals surface area contributed by atoms with Gasteiger partial charge in [0.2, 0.25) is 5.91 Å². The number of piperidine rings is 1. The second kappa shape index (κ2) is 5.11. The van der Waals surface area contributed by atoms with Gasteiger partial charge in [-0.25, -0.2) is 4.39 Å². The number of carbonyl (C=O) groups is 1. The molecule has 3 atom stereocenters. The first-order valence-electron chi connectivity index (χ1n) is 7.09. The largest absolute Gasteiger partial charge is 0.368 e. The van der Waals surface area contributed by atoms with Crippen molar-refractivity contribution < 1.29 is 9.18 Å². The van der Waals surface area contributed by atoms with E-state index < -0.39 is 0 Å². The van der Waals surface area contributed by atoms with Crippen molar-refractivity contribution in [3.05, 3.63) is 40.7 Å². The number of carbonyl (C=O) groups excluding carboxylic acids is 1. The number of fused-ring (bicyclic) bond motifs is 1. The summed E-state index contributed by atoms with van der Waals surface area (Å²) >= 11 is 5.94. The highest BCUT2D eigenvalue weighted by molar-refractivity contribution is 6.30. The second-order valence-electron chi connectivity index (χ2n) is 6.11. The van der Waals surface area contributed by atoms with E-state index in [0.29, 0.717) is 22.9 Å². The van der Waals surface area contributed by atoms with Gasteiger partial charge in [-0.3, -0.25) is 10.1 Å². The third kappa shape index (κ3) is 2.70. The molecule has 1 heterocycles. The fraction of sp³-hybridized carbons (Fsp3) is 0.438. The molecule has 1 amide bonds. The Balaban J connectivity index is 1.76. The molecule has 1 aromatic carbocycles. The number of allylic oxidation sites excluding steroid dienone is 1. The minimum Gasteiger partial charge on any atom is -0.368 e. The molecule has 3 nitrogen and oxygen atoms in total. The van der Waals surface area contributed by atoms with E-state index in [9.17, 15) is 9.18 Å². The monoisotopic (exact) mass is 308 g/mol. The van der Waals surface area contributed by atoms with Gasteiger partial charge in [0, 0.05) is 17.0 Å². The van der Waals surface area contributed by atoms with Crippen LogP contribution in [0.1, 0.15) is 31.7 Å². The molecule has 5 heteroatoms. The normalized spacial score (nSPS) is 31.6. The lowest BCUT2D eigenvalue weighted by Crippen LogP contribution is -2.43. The van der Waals surface area contributed by atoms with Crippen LogP contribution in [-0.4, -0.2) is 17.5 Å². The van der Waals surface area contributed by atoms with Crippen LogP contribution >= 0.6 is 11.6 Å². The van der Waals surface area contributed by atoms with E-state index in [-0.39, 0.29) is 23.3 Å². The first kappa shape index (κ1) is 14.5. The van der Waals surface area contributed by atoms with Crippen LogP contribution < -0.4 is 11.1 Å². The maximum Gasteiger partial charge on any atom is 0.234 e. The summed E-state index contributed by atoms with van der Waals surface area (Å²) in [6.45, 7) is 1.76. The zero-order chi connectivity index (χ0) is 15.2. The van der Waals surface area contributed by atoms with Crippen molar-refractivity contribution in [1.82, 2.24) is 5.32 Å². The van der Waals surface area contributed by atoms with Crippen LogP contribution in [0.15, 0.2) is 30.1 Å². The van der Waals surface area contributed by atoms with Crippen LogP contribution in [0.2, 0.25) is 5.02 Å². The highest BCUT2D eigenvalue weighted by atomic mass is 35.5. The SMILES string of the molecule is C/C(=C(/F)CC12CC1CC(C(N)=O)N2)c1cccc(Cl)c1. The highest BCUT2D eigenvalue weighted by Gasteiger charge is 2.61. The summed E-state index contributed by atoms with van der Waals surface area (Å²) in [6.07, 6.45) is 1.94. The molecule has 21 heavy (non-hydrogen) atoms. The Morgan fingerprint density at radius 2 is 2.33 bits per heavy atom. The first-order valence-corrected chi connectivity index (χ1v) is 7.47. The molecular formula is C16H18ClFN2O. The van der Waals surface area contributed by atoms with Gasteiger partial charge in [0.15, 0.2) is 0 Å². The first-order chi connectivity index (χ1) is 9.91. The average molecular weight is 309 g/mol. The maximum absolute atomic E-state index is 14.5. The highest BCUT2D eigenvalue weighted by Crippen LogP contribution is 2.55. The Kier molecular flexibility index (Phi) is 3.54. The lowest BCUT2D eigenvalue weighted by atomic mass is 10.0. The number of halogens is 2. The number of rotatable bonds is 4. The van der Waals surface area contributed by atoms with E-state index in [1.807, 2.05) is 12.1 Å². The van der Waals surface area contributed by atoms with Crippen LogP contribution in [0.5, 0.6) is 0 Å². The number of amides is 1. The van der Waals surface area contributed by atoms with Crippen molar-refractivity contribution in [2.75, 3.05) is 0 Å². The lowest BCUT2D eigenvalue weighted by Gasteiger charge is -2.17. The van der Waals surface area contributed by atoms with Crippen LogP contribution in [0.3, 0.4) is 0 Å². The minimum absolute atomic E-state index is 0.155. The number of primary amides is 1. The van der Waals surface area contributed by atoms with Crippen LogP contribution in [0.25, 0.3) is 5.57 Å². The average Bonchev–Trinajstić information content (AvgIpc) is 2.97. The fourth-order valence-electron chi connectivity index (χ4n) is 3.30. The molecule has 1 aliphatic heterocycles. The molecule has 3 N–H and O–H groups in total. The molecule has 1 saturated carbocycles. The number of hydrogen-bond acceptors (Lipinski definition) is 2. The molecule has 1 aromatic rings. The number of hydrogen-bond donors (Lipinski definition) is 2. The van der Waals surface area contributed by atoms with Crippen molar-refractivity contribution in [1.29, 1.82) is 0 Å². The third-order valence-corrected chi connectivity index (χ3v) is 4.93. The van der Waals surface area contributed by atoms with Crippen molar-refractivity contribution in [3.63, 3.8) is 0 Å². The molecule has 2 aliphatic rings. The van der Waals surface area contributed by atoms with Gasteiger partial charge in [-0.15, -0.1) is 0 Å². The van der Waals surface area contributed by atoms with Gasteiger partial charge < -0.3 is 5.73 Å². The smallest absolute Gasteiger partial charge is 0.234 e. The molecule has 112 valence electrons. The summed E-state index contributed by atoms with van der Waals surface area (Å²) in [6, 6.07) is 6.86. The quantitative estimate of drug-likeness (QED) is 0.898. The summed E-state index contributed by atoms with van der Waals surface area (Å²) < 4.78 is 14.5. The molecule has 0 spiro atoms. The van der Waals surface area contributed by atoms with Crippen LogP contribution in [0.4, 0.5) is 4.39 Å². The van der Waals surface area contributed by atoms with Gasteiger partial charge in [-0.1, -0.05) is 23.7 Å². The van der Waals surface area contributed by atoms with Crippen LogP contribution in [0, 0.1) is 5.92 Å². The topological polar surface area (TPSA) is 55.1 Å². The Bertz CT molecular complexity index is 630. The Labute approximate surface area is 128 Å². The number of nitrogens with one attached hydrogen (secondary N) is 1. The summed E-state index contributed by atoms with van der Waals surface area (Å²) in [4.78, 5) is 11.2. The van der Waals surface area contributed by atoms with Crippen molar-refractivity contribution in [3.8, 4) is 0 Å².